The van der Waals surface area contributed by atoms with Crippen molar-refractivity contribution in [3.05, 3.63) is 102 Å². The van der Waals surface area contributed by atoms with E-state index < -0.39 is 11.7 Å². The summed E-state index contributed by atoms with van der Waals surface area (Å²) < 4.78 is 14.6. The first-order valence-electron chi connectivity index (χ1n) is 12.3. The Bertz CT molecular complexity index is 1390. The van der Waals surface area contributed by atoms with Gasteiger partial charge in [0.15, 0.2) is 0 Å². The van der Waals surface area contributed by atoms with Gasteiger partial charge in [0.05, 0.1) is 16.9 Å². The summed E-state index contributed by atoms with van der Waals surface area (Å²) in [5.41, 5.74) is 12.9. The Balaban J connectivity index is 1.28. The number of rotatable bonds is 6. The van der Waals surface area contributed by atoms with E-state index in [-0.39, 0.29) is 11.4 Å². The van der Waals surface area contributed by atoms with Gasteiger partial charge < -0.3 is 21.4 Å². The fourth-order valence-electron chi connectivity index (χ4n) is 4.78. The number of carbonyl (C=O) groups is 1. The third kappa shape index (κ3) is 5.39. The predicted octanol–water partition coefficient (Wildman–Crippen LogP) is 5.39. The molecule has 6 N–H and O–H groups in total. The first-order chi connectivity index (χ1) is 18.0. The van der Waals surface area contributed by atoms with E-state index in [1.807, 2.05) is 30.3 Å². The molecule has 7 nitrogen and oxygen atoms in total. The summed E-state index contributed by atoms with van der Waals surface area (Å²) in [4.78, 5) is 19.6. The van der Waals surface area contributed by atoms with Gasteiger partial charge in [-0.2, -0.15) is 0 Å². The quantitative estimate of drug-likeness (QED) is 0.210. The lowest BCUT2D eigenvalue weighted by Gasteiger charge is -2.34. The number of nitrogen functional groups attached to an aromatic ring is 2. The second-order valence-electron chi connectivity index (χ2n) is 9.17. The molecule has 1 aliphatic heterocycles. The zero-order chi connectivity index (χ0) is 25.8. The SMILES string of the molecule is NNc1ccc(-c2ccc(F)c(C(=O)Nc3ccc(N4CCCC(c5ccccc5)C4)cc3)c2)nc1N. The minimum Gasteiger partial charge on any atom is -0.382 e. The zero-order valence-corrected chi connectivity index (χ0v) is 20.3. The van der Waals surface area contributed by atoms with E-state index in [0.29, 0.717) is 28.6 Å². The number of nitrogens with two attached hydrogens (primary N) is 2. The standard InChI is InChI=1S/C29H29FN6O/c30-25-13-8-20(26-14-15-27(35-32)28(31)34-26)17-24(25)29(37)33-22-9-11-23(12-10-22)36-16-4-7-21(18-36)19-5-2-1-3-6-19/h1-3,5-6,8-15,17,21,35H,4,7,16,18,32H2,(H2,31,34)(H,33,37). The number of aromatic nitrogens is 1. The number of nitrogens with one attached hydrogen (secondary N) is 2. The van der Waals surface area contributed by atoms with Gasteiger partial charge in [-0.1, -0.05) is 30.3 Å². The van der Waals surface area contributed by atoms with E-state index in [0.717, 1.165) is 25.2 Å². The number of amides is 1. The summed E-state index contributed by atoms with van der Waals surface area (Å²) in [7, 11) is 0. The molecule has 1 aromatic heterocycles. The van der Waals surface area contributed by atoms with Crippen LogP contribution in [0, 0.1) is 5.82 Å². The van der Waals surface area contributed by atoms with Crippen LogP contribution in [-0.4, -0.2) is 24.0 Å². The van der Waals surface area contributed by atoms with Crippen molar-refractivity contribution < 1.29 is 9.18 Å². The highest BCUT2D eigenvalue weighted by molar-refractivity contribution is 6.05. The van der Waals surface area contributed by atoms with Gasteiger partial charge in [-0.25, -0.2) is 9.37 Å². The van der Waals surface area contributed by atoms with E-state index in [2.05, 4.69) is 44.9 Å². The molecule has 5 rings (SSSR count). The lowest BCUT2D eigenvalue weighted by atomic mass is 9.90. The molecule has 188 valence electrons. The van der Waals surface area contributed by atoms with Crippen LogP contribution in [0.3, 0.4) is 0 Å². The number of benzene rings is 3. The Morgan fingerprint density at radius 1 is 1.00 bits per heavy atom. The molecule has 0 spiro atoms. The molecule has 1 saturated heterocycles. The molecule has 3 aromatic carbocycles. The van der Waals surface area contributed by atoms with Crippen LogP contribution >= 0.6 is 0 Å². The first-order valence-corrected chi connectivity index (χ1v) is 12.3. The maximum absolute atomic E-state index is 14.6. The third-order valence-corrected chi connectivity index (χ3v) is 6.77. The van der Waals surface area contributed by atoms with E-state index in [1.165, 1.54) is 24.1 Å². The summed E-state index contributed by atoms with van der Waals surface area (Å²) >= 11 is 0. The Hall–Kier alpha value is -4.43. The van der Waals surface area contributed by atoms with Crippen LogP contribution in [-0.2, 0) is 0 Å². The maximum Gasteiger partial charge on any atom is 0.258 e. The Labute approximate surface area is 215 Å². The minimum atomic E-state index is -0.619. The number of hydrazine groups is 1. The van der Waals surface area contributed by atoms with Gasteiger partial charge in [-0.15, -0.1) is 0 Å². The van der Waals surface area contributed by atoms with Gasteiger partial charge >= 0.3 is 0 Å². The molecule has 0 aliphatic carbocycles. The molecule has 0 saturated carbocycles. The zero-order valence-electron chi connectivity index (χ0n) is 20.3. The van der Waals surface area contributed by atoms with Crippen LogP contribution in [0.1, 0.15) is 34.7 Å². The van der Waals surface area contributed by atoms with Crippen molar-refractivity contribution in [3.63, 3.8) is 0 Å². The summed E-state index contributed by atoms with van der Waals surface area (Å²) in [5, 5.41) is 2.80. The third-order valence-electron chi connectivity index (χ3n) is 6.77. The van der Waals surface area contributed by atoms with Crippen LogP contribution in [0.25, 0.3) is 11.3 Å². The monoisotopic (exact) mass is 496 g/mol. The topological polar surface area (TPSA) is 109 Å². The van der Waals surface area contributed by atoms with Gasteiger partial charge in [-0.05, 0) is 73.0 Å². The molecule has 0 radical (unpaired) electrons. The van der Waals surface area contributed by atoms with Crippen LogP contribution < -0.4 is 27.2 Å². The van der Waals surface area contributed by atoms with Crippen molar-refractivity contribution in [1.82, 2.24) is 4.98 Å². The molecular formula is C29H29FN6O. The molecule has 0 bridgehead atoms. The van der Waals surface area contributed by atoms with E-state index in [1.54, 1.807) is 18.2 Å². The van der Waals surface area contributed by atoms with Gasteiger partial charge in [0, 0.05) is 35.9 Å². The fourth-order valence-corrected chi connectivity index (χ4v) is 4.78. The first kappa shape index (κ1) is 24.3. The normalized spacial score (nSPS) is 15.3. The maximum atomic E-state index is 14.6. The summed E-state index contributed by atoms with van der Waals surface area (Å²) in [6.45, 7) is 1.95. The van der Waals surface area contributed by atoms with Gasteiger partial charge in [0.2, 0.25) is 0 Å². The minimum absolute atomic E-state index is 0.0790. The molecule has 1 aliphatic rings. The summed E-state index contributed by atoms with van der Waals surface area (Å²) in [5.74, 6) is 4.95. The van der Waals surface area contributed by atoms with Crippen LogP contribution in [0.4, 0.5) is 27.3 Å². The molecule has 8 heteroatoms. The Kier molecular flexibility index (Phi) is 7.00. The lowest BCUT2D eigenvalue weighted by Crippen LogP contribution is -2.34. The number of hydrogen-bond donors (Lipinski definition) is 4. The summed E-state index contributed by atoms with van der Waals surface area (Å²) in [6.07, 6.45) is 2.30. The van der Waals surface area contributed by atoms with Crippen molar-refractivity contribution in [2.45, 2.75) is 18.8 Å². The summed E-state index contributed by atoms with van der Waals surface area (Å²) in [6, 6.07) is 25.9. The second-order valence-corrected chi connectivity index (χ2v) is 9.17. The number of carbonyl (C=O) groups excluding carboxylic acids is 1. The van der Waals surface area contributed by atoms with Crippen molar-refractivity contribution in [3.8, 4) is 11.3 Å². The van der Waals surface area contributed by atoms with Crippen molar-refractivity contribution in [1.29, 1.82) is 0 Å². The number of pyridine rings is 1. The number of nitrogens with zero attached hydrogens (tertiary/aromatic N) is 2. The molecule has 2 heterocycles. The molecular weight excluding hydrogens is 467 g/mol. The van der Waals surface area contributed by atoms with Crippen molar-refractivity contribution >= 4 is 28.8 Å². The number of piperidine rings is 1. The van der Waals surface area contributed by atoms with E-state index >= 15 is 0 Å². The highest BCUT2D eigenvalue weighted by Crippen LogP contribution is 2.31. The van der Waals surface area contributed by atoms with Gasteiger partial charge in [-0.3, -0.25) is 10.6 Å². The molecule has 1 fully saturated rings. The van der Waals surface area contributed by atoms with Crippen LogP contribution in [0.15, 0.2) is 84.9 Å². The van der Waals surface area contributed by atoms with Crippen molar-refractivity contribution in [2.24, 2.45) is 5.84 Å². The average Bonchev–Trinajstić information content (AvgIpc) is 2.94. The Morgan fingerprint density at radius 2 is 1.78 bits per heavy atom. The van der Waals surface area contributed by atoms with Crippen molar-refractivity contribution in [2.75, 3.05) is 34.5 Å². The number of hydrogen-bond acceptors (Lipinski definition) is 6. The molecule has 1 amide bonds. The molecule has 1 unspecified atom stereocenters. The lowest BCUT2D eigenvalue weighted by molar-refractivity contribution is 0.102. The van der Waals surface area contributed by atoms with Crippen LogP contribution in [0.2, 0.25) is 0 Å². The molecule has 1 atom stereocenters. The average molecular weight is 497 g/mol. The Morgan fingerprint density at radius 3 is 2.51 bits per heavy atom. The van der Waals surface area contributed by atoms with Gasteiger partial charge in [0.25, 0.3) is 5.91 Å². The molecule has 4 aromatic rings. The largest absolute Gasteiger partial charge is 0.382 e. The smallest absolute Gasteiger partial charge is 0.258 e. The number of halogens is 1. The van der Waals surface area contributed by atoms with E-state index in [4.69, 9.17) is 11.6 Å². The second kappa shape index (κ2) is 10.7. The number of anilines is 4. The highest BCUT2D eigenvalue weighted by Gasteiger charge is 2.21. The fraction of sp³-hybridized carbons (Fsp3) is 0.172. The molecule has 37 heavy (non-hydrogen) atoms. The van der Waals surface area contributed by atoms with Gasteiger partial charge in [0.1, 0.15) is 11.6 Å². The predicted molar refractivity (Wildman–Crippen MR) is 147 cm³/mol. The highest BCUT2D eigenvalue weighted by atomic mass is 19.1. The van der Waals surface area contributed by atoms with Crippen LogP contribution in [0.5, 0.6) is 0 Å². The van der Waals surface area contributed by atoms with E-state index in [9.17, 15) is 9.18 Å².